The number of amides is 1. The van der Waals surface area contributed by atoms with E-state index in [-0.39, 0.29) is 5.91 Å². The van der Waals surface area contributed by atoms with E-state index in [0.717, 1.165) is 25.2 Å². The van der Waals surface area contributed by atoms with Gasteiger partial charge in [0.1, 0.15) is 17.1 Å². The van der Waals surface area contributed by atoms with Crippen molar-refractivity contribution >= 4 is 11.9 Å². The third kappa shape index (κ3) is 1.51. The molecule has 1 amide bonds. The first-order valence-corrected chi connectivity index (χ1v) is 5.73. The first kappa shape index (κ1) is 10.3. The second kappa shape index (κ2) is 3.32. The molecule has 0 spiro atoms. The molecule has 1 aromatic rings. The van der Waals surface area contributed by atoms with Gasteiger partial charge >= 0.3 is 5.97 Å². The van der Waals surface area contributed by atoms with Crippen LogP contribution in [-0.2, 0) is 17.8 Å². The maximum atomic E-state index is 12.0. The zero-order valence-electron chi connectivity index (χ0n) is 9.27. The number of rotatable bonds is 3. The number of aromatic nitrogens is 2. The second-order valence-electron chi connectivity index (χ2n) is 4.66. The molecule has 2 N–H and O–H groups in total. The largest absolute Gasteiger partial charge is 0.480 e. The number of carboxylic acids is 1. The van der Waals surface area contributed by atoms with Gasteiger partial charge in [0.25, 0.3) is 5.91 Å². The summed E-state index contributed by atoms with van der Waals surface area (Å²) in [5.74, 6) is -0.368. The summed E-state index contributed by atoms with van der Waals surface area (Å²) < 4.78 is 1.87. The Hall–Kier alpha value is -1.85. The van der Waals surface area contributed by atoms with E-state index < -0.39 is 11.5 Å². The minimum atomic E-state index is -1.03. The molecule has 6 nitrogen and oxygen atoms in total. The van der Waals surface area contributed by atoms with Crippen LogP contribution in [0.5, 0.6) is 0 Å². The molecule has 1 fully saturated rings. The lowest BCUT2D eigenvalue weighted by Gasteiger charge is -2.12. The minimum absolute atomic E-state index is 0.328. The van der Waals surface area contributed by atoms with Crippen molar-refractivity contribution in [1.29, 1.82) is 0 Å². The molecule has 3 rings (SSSR count). The van der Waals surface area contributed by atoms with Crippen LogP contribution in [0.15, 0.2) is 6.20 Å². The van der Waals surface area contributed by atoms with Gasteiger partial charge in [0.2, 0.25) is 0 Å². The van der Waals surface area contributed by atoms with Crippen LogP contribution in [0.2, 0.25) is 0 Å². The van der Waals surface area contributed by atoms with E-state index in [1.165, 1.54) is 6.20 Å². The molecule has 0 radical (unpaired) electrons. The quantitative estimate of drug-likeness (QED) is 0.782. The molecule has 0 atom stereocenters. The molecule has 0 saturated heterocycles. The molecule has 0 aromatic carbocycles. The fourth-order valence-electron chi connectivity index (χ4n) is 2.24. The van der Waals surface area contributed by atoms with E-state index in [1.54, 1.807) is 0 Å². The predicted octanol–water partition coefficient (Wildman–Crippen LogP) is 0.176. The maximum absolute atomic E-state index is 12.0. The summed E-state index contributed by atoms with van der Waals surface area (Å²) in [5, 5.41) is 11.6. The smallest absolute Gasteiger partial charge is 0.329 e. The van der Waals surface area contributed by atoms with E-state index >= 15 is 0 Å². The zero-order valence-corrected chi connectivity index (χ0v) is 9.27. The number of aliphatic carboxylic acids is 1. The lowest BCUT2D eigenvalue weighted by Crippen LogP contribution is -2.43. The highest BCUT2D eigenvalue weighted by atomic mass is 16.4. The number of hydrogen-bond donors (Lipinski definition) is 2. The van der Waals surface area contributed by atoms with Gasteiger partial charge in [-0.3, -0.25) is 4.79 Å². The van der Waals surface area contributed by atoms with Crippen molar-refractivity contribution in [3.63, 3.8) is 0 Å². The van der Waals surface area contributed by atoms with E-state index in [0.29, 0.717) is 18.5 Å². The third-order valence-electron chi connectivity index (χ3n) is 3.47. The Morgan fingerprint density at radius 2 is 2.24 bits per heavy atom. The van der Waals surface area contributed by atoms with E-state index in [2.05, 4.69) is 10.3 Å². The Morgan fingerprint density at radius 3 is 2.88 bits per heavy atom. The first-order valence-electron chi connectivity index (χ1n) is 5.73. The Labute approximate surface area is 97.6 Å². The van der Waals surface area contributed by atoms with E-state index in [4.69, 9.17) is 5.11 Å². The van der Waals surface area contributed by atoms with Crippen LogP contribution in [-0.4, -0.2) is 32.1 Å². The molecule has 1 aromatic heterocycles. The van der Waals surface area contributed by atoms with Gasteiger partial charge in [-0.25, -0.2) is 9.78 Å². The van der Waals surface area contributed by atoms with E-state index in [1.807, 2.05) is 4.57 Å². The topological polar surface area (TPSA) is 84.2 Å². The number of carboxylic acid groups (broad SMARTS) is 1. The van der Waals surface area contributed by atoms with Crippen LogP contribution in [0.4, 0.5) is 0 Å². The third-order valence-corrected chi connectivity index (χ3v) is 3.47. The number of carbonyl (C=O) groups is 2. The highest BCUT2D eigenvalue weighted by molar-refractivity contribution is 5.97. The molecule has 17 heavy (non-hydrogen) atoms. The molecule has 90 valence electrons. The number of imidazole rings is 1. The lowest BCUT2D eigenvalue weighted by molar-refractivity contribution is -0.140. The van der Waals surface area contributed by atoms with E-state index in [9.17, 15) is 9.59 Å². The monoisotopic (exact) mass is 235 g/mol. The van der Waals surface area contributed by atoms with Crippen LogP contribution in [0.3, 0.4) is 0 Å². The number of nitrogens with one attached hydrogen (secondary N) is 1. The van der Waals surface area contributed by atoms with Gasteiger partial charge in [0.05, 0.1) is 6.20 Å². The number of nitrogens with zero attached hydrogens (tertiary/aromatic N) is 2. The molecule has 0 unspecified atom stereocenters. The number of aryl methyl sites for hydroxylation is 1. The van der Waals surface area contributed by atoms with Gasteiger partial charge in [-0.2, -0.15) is 0 Å². The SMILES string of the molecule is O=C(NC1(C(=O)O)CC1)c1cnc2n1CCC2. The molecule has 0 bridgehead atoms. The molecular formula is C11H13N3O3. The molecule has 2 heterocycles. The summed E-state index contributed by atoms with van der Waals surface area (Å²) in [6.07, 6.45) is 4.43. The van der Waals surface area contributed by atoms with Gasteiger partial charge in [-0.1, -0.05) is 0 Å². The normalized spacial score (nSPS) is 19.8. The fraction of sp³-hybridized carbons (Fsp3) is 0.545. The number of fused-ring (bicyclic) bond motifs is 1. The van der Waals surface area contributed by atoms with Gasteiger partial charge in [0, 0.05) is 13.0 Å². The van der Waals surface area contributed by atoms with Gasteiger partial charge in [-0.05, 0) is 19.3 Å². The van der Waals surface area contributed by atoms with Crippen LogP contribution >= 0.6 is 0 Å². The zero-order chi connectivity index (χ0) is 12.0. The number of carbonyl (C=O) groups excluding carboxylic acids is 1. The maximum Gasteiger partial charge on any atom is 0.329 e. The van der Waals surface area contributed by atoms with Crippen molar-refractivity contribution in [2.45, 2.75) is 37.8 Å². The average Bonchev–Trinajstić information content (AvgIpc) is 2.73. The summed E-state index contributed by atoms with van der Waals surface area (Å²) in [6, 6.07) is 0. The summed E-state index contributed by atoms with van der Waals surface area (Å²) in [7, 11) is 0. The van der Waals surface area contributed by atoms with Crippen molar-refractivity contribution < 1.29 is 14.7 Å². The standard InChI is InChI=1S/C11H13N3O3/c15-9(13-11(3-4-11)10(16)17)7-6-12-8-2-1-5-14(7)8/h6H,1-5H2,(H,13,15)(H,16,17). The Morgan fingerprint density at radius 1 is 1.47 bits per heavy atom. The summed E-state index contributed by atoms with van der Waals surface area (Å²) in [5.41, 5.74) is -0.551. The lowest BCUT2D eigenvalue weighted by atomic mass is 10.2. The molecule has 2 aliphatic rings. The summed E-state index contributed by atoms with van der Waals surface area (Å²) >= 11 is 0. The highest BCUT2D eigenvalue weighted by Crippen LogP contribution is 2.35. The predicted molar refractivity (Wildman–Crippen MR) is 57.6 cm³/mol. The Kier molecular flexibility index (Phi) is 2.01. The van der Waals surface area contributed by atoms with Gasteiger partial charge < -0.3 is 15.0 Å². The summed E-state index contributed by atoms with van der Waals surface area (Å²) in [4.78, 5) is 27.1. The second-order valence-corrected chi connectivity index (χ2v) is 4.66. The highest BCUT2D eigenvalue weighted by Gasteiger charge is 2.52. The van der Waals surface area contributed by atoms with Crippen molar-refractivity contribution in [2.75, 3.05) is 0 Å². The van der Waals surface area contributed by atoms with Crippen molar-refractivity contribution in [3.8, 4) is 0 Å². The molecule has 1 aliphatic carbocycles. The minimum Gasteiger partial charge on any atom is -0.480 e. The molecule has 1 saturated carbocycles. The average molecular weight is 235 g/mol. The van der Waals surface area contributed by atoms with Crippen molar-refractivity contribution in [1.82, 2.24) is 14.9 Å². The Balaban J connectivity index is 1.81. The van der Waals surface area contributed by atoms with Crippen LogP contribution < -0.4 is 5.32 Å². The molecule has 1 aliphatic heterocycles. The molecular weight excluding hydrogens is 222 g/mol. The fourth-order valence-corrected chi connectivity index (χ4v) is 2.24. The van der Waals surface area contributed by atoms with Gasteiger partial charge in [-0.15, -0.1) is 0 Å². The molecule has 6 heteroatoms. The van der Waals surface area contributed by atoms with Crippen LogP contribution in [0.25, 0.3) is 0 Å². The van der Waals surface area contributed by atoms with Crippen molar-refractivity contribution in [3.05, 3.63) is 17.7 Å². The van der Waals surface area contributed by atoms with Gasteiger partial charge in [0.15, 0.2) is 0 Å². The number of hydrogen-bond acceptors (Lipinski definition) is 3. The van der Waals surface area contributed by atoms with Crippen LogP contribution in [0.1, 0.15) is 35.6 Å². The Bertz CT molecular complexity index is 502. The first-order chi connectivity index (χ1) is 8.12. The van der Waals surface area contributed by atoms with Crippen molar-refractivity contribution in [2.24, 2.45) is 0 Å². The van der Waals surface area contributed by atoms with Crippen LogP contribution in [0, 0.1) is 0 Å². The summed E-state index contributed by atoms with van der Waals surface area (Å²) in [6.45, 7) is 0.790.